The Morgan fingerprint density at radius 1 is 1.30 bits per heavy atom. The van der Waals surface area contributed by atoms with Gasteiger partial charge in [-0.25, -0.2) is 19.6 Å². The van der Waals surface area contributed by atoms with Crippen molar-refractivity contribution in [2.75, 3.05) is 24.5 Å². The van der Waals surface area contributed by atoms with E-state index in [4.69, 9.17) is 16.3 Å². The van der Waals surface area contributed by atoms with Gasteiger partial charge in [-0.3, -0.25) is 0 Å². The minimum absolute atomic E-state index is 0.00374. The van der Waals surface area contributed by atoms with Crippen LogP contribution >= 0.6 is 11.6 Å². The highest BCUT2D eigenvalue weighted by Crippen LogP contribution is 2.19. The summed E-state index contributed by atoms with van der Waals surface area (Å²) in [6.07, 6.45) is 2.28. The second-order valence-corrected chi connectivity index (χ2v) is 6.61. The molecule has 0 aliphatic carbocycles. The number of carbonyl (C=O) groups excluding carboxylic acids is 1. The first kappa shape index (κ1) is 17.3. The Balaban J connectivity index is 2.13. The van der Waals surface area contributed by atoms with Crippen LogP contribution in [0.1, 0.15) is 20.8 Å². The Morgan fingerprint density at radius 3 is 2.43 bits per heavy atom. The molecule has 1 aromatic rings. The SMILES string of the molecule is CC(C)(C)OC(=O)N1CCN(c2ncc(Cl)cn2)C(C(=O)O)C1. The van der Waals surface area contributed by atoms with E-state index in [0.717, 1.165) is 0 Å². The van der Waals surface area contributed by atoms with E-state index in [1.807, 2.05) is 0 Å². The van der Waals surface area contributed by atoms with Crippen LogP contribution in [-0.2, 0) is 9.53 Å². The fourth-order valence-corrected chi connectivity index (χ4v) is 2.28. The molecule has 1 N–H and O–H groups in total. The number of carboxylic acid groups (broad SMARTS) is 1. The van der Waals surface area contributed by atoms with Gasteiger partial charge in [-0.2, -0.15) is 0 Å². The molecule has 0 bridgehead atoms. The lowest BCUT2D eigenvalue weighted by atomic mass is 10.1. The molecule has 0 saturated carbocycles. The van der Waals surface area contributed by atoms with Crippen LogP contribution in [0.4, 0.5) is 10.7 Å². The smallest absolute Gasteiger partial charge is 0.410 e. The zero-order valence-corrected chi connectivity index (χ0v) is 13.9. The molecule has 23 heavy (non-hydrogen) atoms. The van der Waals surface area contributed by atoms with E-state index >= 15 is 0 Å². The third-order valence-corrected chi connectivity index (χ3v) is 3.38. The molecule has 1 aliphatic heterocycles. The number of aromatic nitrogens is 2. The molecule has 2 rings (SSSR count). The van der Waals surface area contributed by atoms with Gasteiger partial charge in [-0.05, 0) is 20.8 Å². The summed E-state index contributed by atoms with van der Waals surface area (Å²) in [5, 5.41) is 9.82. The molecule has 1 unspecified atom stereocenters. The molecule has 2 heterocycles. The van der Waals surface area contributed by atoms with Crippen LogP contribution < -0.4 is 4.90 Å². The lowest BCUT2D eigenvalue weighted by Crippen LogP contribution is -2.59. The zero-order valence-electron chi connectivity index (χ0n) is 13.2. The maximum Gasteiger partial charge on any atom is 0.410 e. The molecule has 126 valence electrons. The molecule has 1 aromatic heterocycles. The first-order valence-electron chi connectivity index (χ1n) is 7.12. The minimum Gasteiger partial charge on any atom is -0.480 e. The molecule has 1 amide bonds. The average molecular weight is 343 g/mol. The monoisotopic (exact) mass is 342 g/mol. The van der Waals surface area contributed by atoms with Gasteiger partial charge in [0.15, 0.2) is 0 Å². The number of halogens is 1. The fraction of sp³-hybridized carbons (Fsp3) is 0.571. The second kappa shape index (κ2) is 6.57. The fourth-order valence-electron chi connectivity index (χ4n) is 2.18. The average Bonchev–Trinajstić information content (AvgIpc) is 2.45. The van der Waals surface area contributed by atoms with Crippen LogP contribution in [-0.4, -0.2) is 63.3 Å². The third-order valence-electron chi connectivity index (χ3n) is 3.18. The highest BCUT2D eigenvalue weighted by molar-refractivity contribution is 6.30. The van der Waals surface area contributed by atoms with Gasteiger partial charge in [-0.15, -0.1) is 0 Å². The summed E-state index contributed by atoms with van der Waals surface area (Å²) in [6.45, 7) is 5.89. The summed E-state index contributed by atoms with van der Waals surface area (Å²) in [5.41, 5.74) is -0.633. The predicted molar refractivity (Wildman–Crippen MR) is 83.6 cm³/mol. The van der Waals surface area contributed by atoms with Gasteiger partial charge in [0.1, 0.15) is 11.6 Å². The number of piperazine rings is 1. The van der Waals surface area contributed by atoms with Crippen molar-refractivity contribution in [2.45, 2.75) is 32.4 Å². The number of ether oxygens (including phenoxy) is 1. The summed E-state index contributed by atoms with van der Waals surface area (Å²) in [6, 6.07) is -0.947. The van der Waals surface area contributed by atoms with Crippen molar-refractivity contribution < 1.29 is 19.4 Å². The standard InChI is InChI=1S/C14H19ClN4O4/c1-14(2,3)23-13(22)18-4-5-19(10(8-18)11(20)21)12-16-6-9(15)7-17-12/h6-7,10H,4-5,8H2,1-3H3,(H,20,21). The quantitative estimate of drug-likeness (QED) is 0.872. The maximum atomic E-state index is 12.1. The van der Waals surface area contributed by atoms with E-state index in [0.29, 0.717) is 11.6 Å². The van der Waals surface area contributed by atoms with E-state index in [1.165, 1.54) is 17.3 Å². The molecular weight excluding hydrogens is 324 g/mol. The minimum atomic E-state index is -1.06. The number of carboxylic acids is 1. The summed E-state index contributed by atoms with van der Waals surface area (Å²) in [4.78, 5) is 34.7. The summed E-state index contributed by atoms with van der Waals surface area (Å²) in [7, 11) is 0. The molecule has 1 saturated heterocycles. The predicted octanol–water partition coefficient (Wildman–Crippen LogP) is 1.64. The highest BCUT2D eigenvalue weighted by Gasteiger charge is 2.37. The Labute approximate surface area is 139 Å². The zero-order chi connectivity index (χ0) is 17.2. The van der Waals surface area contributed by atoms with Gasteiger partial charge in [-0.1, -0.05) is 11.6 Å². The number of hydrogen-bond acceptors (Lipinski definition) is 6. The van der Waals surface area contributed by atoms with Crippen molar-refractivity contribution >= 4 is 29.6 Å². The Kier molecular flexibility index (Phi) is 4.93. The van der Waals surface area contributed by atoms with Gasteiger partial charge < -0.3 is 19.6 Å². The summed E-state index contributed by atoms with van der Waals surface area (Å²) >= 11 is 5.75. The molecule has 1 atom stereocenters. The first-order valence-corrected chi connectivity index (χ1v) is 7.50. The summed E-state index contributed by atoms with van der Waals surface area (Å²) < 4.78 is 5.29. The lowest BCUT2D eigenvalue weighted by Gasteiger charge is -2.39. The molecule has 8 nitrogen and oxygen atoms in total. The molecule has 9 heteroatoms. The van der Waals surface area contributed by atoms with E-state index in [9.17, 15) is 14.7 Å². The van der Waals surface area contributed by atoms with Crippen molar-refractivity contribution in [1.29, 1.82) is 0 Å². The van der Waals surface area contributed by atoms with Crippen LogP contribution in [0.5, 0.6) is 0 Å². The van der Waals surface area contributed by atoms with Crippen molar-refractivity contribution in [3.63, 3.8) is 0 Å². The third kappa shape index (κ3) is 4.44. The highest BCUT2D eigenvalue weighted by atomic mass is 35.5. The van der Waals surface area contributed by atoms with Crippen LogP contribution in [0, 0.1) is 0 Å². The van der Waals surface area contributed by atoms with Gasteiger partial charge in [0, 0.05) is 13.1 Å². The topological polar surface area (TPSA) is 95.9 Å². The lowest BCUT2D eigenvalue weighted by molar-refractivity contribution is -0.139. The van der Waals surface area contributed by atoms with Gasteiger partial charge in [0.25, 0.3) is 0 Å². The number of anilines is 1. The van der Waals surface area contributed by atoms with Gasteiger partial charge in [0.2, 0.25) is 5.95 Å². The van der Waals surface area contributed by atoms with E-state index < -0.39 is 23.7 Å². The van der Waals surface area contributed by atoms with E-state index in [-0.39, 0.29) is 19.0 Å². The van der Waals surface area contributed by atoms with Crippen LogP contribution in [0.3, 0.4) is 0 Å². The molecule has 0 radical (unpaired) electrons. The number of carbonyl (C=O) groups is 2. The van der Waals surface area contributed by atoms with Crippen molar-refractivity contribution in [2.24, 2.45) is 0 Å². The van der Waals surface area contributed by atoms with E-state index in [2.05, 4.69) is 9.97 Å². The Morgan fingerprint density at radius 2 is 1.91 bits per heavy atom. The first-order chi connectivity index (χ1) is 10.7. The number of hydrogen-bond donors (Lipinski definition) is 1. The number of aliphatic carboxylic acids is 1. The molecule has 0 spiro atoms. The van der Waals surface area contributed by atoms with Crippen LogP contribution in [0.25, 0.3) is 0 Å². The van der Waals surface area contributed by atoms with Crippen molar-refractivity contribution in [3.8, 4) is 0 Å². The molecule has 1 aliphatic rings. The largest absolute Gasteiger partial charge is 0.480 e. The molecule has 1 fully saturated rings. The Bertz CT molecular complexity index is 587. The van der Waals surface area contributed by atoms with Crippen LogP contribution in [0.2, 0.25) is 5.02 Å². The Hall–Kier alpha value is -2.09. The number of nitrogens with zero attached hydrogens (tertiary/aromatic N) is 4. The number of rotatable bonds is 2. The van der Waals surface area contributed by atoms with Gasteiger partial charge >= 0.3 is 12.1 Å². The molecule has 0 aromatic carbocycles. The van der Waals surface area contributed by atoms with E-state index in [1.54, 1.807) is 25.7 Å². The maximum absolute atomic E-state index is 12.1. The van der Waals surface area contributed by atoms with Crippen LogP contribution in [0.15, 0.2) is 12.4 Å². The normalized spacial score (nSPS) is 18.7. The molecular formula is C14H19ClN4O4. The number of amides is 1. The summed E-state index contributed by atoms with van der Waals surface area (Å²) in [5.74, 6) is -0.789. The second-order valence-electron chi connectivity index (χ2n) is 6.18. The van der Waals surface area contributed by atoms with Crippen molar-refractivity contribution in [3.05, 3.63) is 17.4 Å². The van der Waals surface area contributed by atoms with Crippen molar-refractivity contribution in [1.82, 2.24) is 14.9 Å². The van der Waals surface area contributed by atoms with Gasteiger partial charge in [0.05, 0.1) is 24.0 Å².